The molecule has 2 unspecified atom stereocenters. The lowest BCUT2D eigenvalue weighted by Gasteiger charge is -2.18. The number of carbonyl (C=O) groups excluding carboxylic acids is 3. The van der Waals surface area contributed by atoms with Crippen molar-refractivity contribution in [2.24, 2.45) is 4.36 Å². The molecule has 3 amide bonds. The van der Waals surface area contributed by atoms with Crippen LogP contribution in [0.3, 0.4) is 0 Å². The molecule has 3 aromatic rings. The first kappa shape index (κ1) is 33.8. The Labute approximate surface area is 249 Å². The number of nitrogens with zero attached hydrogens (tertiary/aromatic N) is 4. The summed E-state index contributed by atoms with van der Waals surface area (Å²) < 4.78 is 93.9. The highest BCUT2D eigenvalue weighted by Gasteiger charge is 2.40. The fraction of sp³-hybridized carbons (Fsp3) is 0.292. The van der Waals surface area contributed by atoms with Crippen LogP contribution in [0.1, 0.15) is 39.0 Å². The quantitative estimate of drug-likeness (QED) is 0.320. The summed E-state index contributed by atoms with van der Waals surface area (Å²) in [4.78, 5) is 41.5. The van der Waals surface area contributed by atoms with Crippen LogP contribution in [0.2, 0.25) is 10.0 Å². The first-order chi connectivity index (χ1) is 19.7. The van der Waals surface area contributed by atoms with Crippen LogP contribution in [0.15, 0.2) is 40.9 Å². The number of hydrogen-bond donors (Lipinski definition) is 2. The number of nitrogens with one attached hydrogen (secondary N) is 2. The number of hydrogen-bond acceptors (Lipinski definition) is 6. The van der Waals surface area contributed by atoms with Crippen LogP contribution in [0.25, 0.3) is 5.82 Å². The number of alkyl halides is 6. The molecular formula is C24H20Cl2F6N6O4S. The van der Waals surface area contributed by atoms with Gasteiger partial charge in [0.15, 0.2) is 11.5 Å². The number of benzene rings is 1. The molecule has 43 heavy (non-hydrogen) atoms. The van der Waals surface area contributed by atoms with Crippen LogP contribution in [0, 0.1) is 6.92 Å². The standard InChI is InChI=1S/C24H20Cl2F6N6O4S/c1-11-7-13(25)8-14(20(39)34-12(2)10-43(3,42)37-22(41)24(30,31)32)18(11)35-21(40)16-9-17(23(27,28)29)36-38(16)19-15(26)5-4-6-33-19/h4-9,12H,10H2,1-3H3,(H,34,39)(H,35,40). The summed E-state index contributed by atoms with van der Waals surface area (Å²) in [6.45, 7) is 2.70. The van der Waals surface area contributed by atoms with Gasteiger partial charge in [-0.15, -0.1) is 0 Å². The predicted molar refractivity (Wildman–Crippen MR) is 145 cm³/mol. The predicted octanol–water partition coefficient (Wildman–Crippen LogP) is 5.46. The minimum atomic E-state index is -5.34. The van der Waals surface area contributed by atoms with Crippen molar-refractivity contribution in [3.8, 4) is 5.82 Å². The van der Waals surface area contributed by atoms with Crippen molar-refractivity contribution in [2.45, 2.75) is 32.2 Å². The fourth-order valence-electron chi connectivity index (χ4n) is 3.71. The lowest BCUT2D eigenvalue weighted by Crippen LogP contribution is -2.38. The van der Waals surface area contributed by atoms with Gasteiger partial charge in [-0.25, -0.2) is 13.9 Å². The van der Waals surface area contributed by atoms with Crippen molar-refractivity contribution in [1.82, 2.24) is 20.1 Å². The summed E-state index contributed by atoms with van der Waals surface area (Å²) in [7, 11) is -3.74. The van der Waals surface area contributed by atoms with E-state index in [-0.39, 0.29) is 32.7 Å². The monoisotopic (exact) mass is 672 g/mol. The highest BCUT2D eigenvalue weighted by Crippen LogP contribution is 2.32. The zero-order valence-electron chi connectivity index (χ0n) is 22.1. The number of rotatable bonds is 7. The Morgan fingerprint density at radius 1 is 1.09 bits per heavy atom. The maximum Gasteiger partial charge on any atom is 0.474 e. The lowest BCUT2D eigenvalue weighted by molar-refractivity contribution is -0.169. The van der Waals surface area contributed by atoms with Gasteiger partial charge < -0.3 is 10.6 Å². The molecule has 0 aliphatic carbocycles. The maximum atomic E-state index is 13.5. The number of amides is 3. The number of aryl methyl sites for hydroxylation is 1. The van der Waals surface area contributed by atoms with Gasteiger partial charge in [0.05, 0.1) is 31.8 Å². The van der Waals surface area contributed by atoms with E-state index < -0.39 is 63.0 Å². The Hall–Kier alpha value is -3.70. The molecule has 2 N–H and O–H groups in total. The van der Waals surface area contributed by atoms with Gasteiger partial charge in [-0.3, -0.25) is 14.4 Å². The first-order valence-corrected chi connectivity index (χ1v) is 14.6. The zero-order valence-corrected chi connectivity index (χ0v) is 24.4. The number of anilines is 1. The van der Waals surface area contributed by atoms with Gasteiger partial charge in [0.1, 0.15) is 5.69 Å². The van der Waals surface area contributed by atoms with E-state index in [1.165, 1.54) is 38.2 Å². The van der Waals surface area contributed by atoms with Gasteiger partial charge in [-0.05, 0) is 43.7 Å². The third-order valence-corrected chi connectivity index (χ3v) is 7.59. The lowest BCUT2D eigenvalue weighted by atomic mass is 10.1. The molecule has 0 aliphatic rings. The smallest absolute Gasteiger partial charge is 0.349 e. The molecule has 10 nitrogen and oxygen atoms in total. The Morgan fingerprint density at radius 2 is 1.74 bits per heavy atom. The van der Waals surface area contributed by atoms with Crippen molar-refractivity contribution >= 4 is 56.3 Å². The molecule has 3 rings (SSSR count). The first-order valence-electron chi connectivity index (χ1n) is 11.7. The van der Waals surface area contributed by atoms with Crippen molar-refractivity contribution in [1.29, 1.82) is 0 Å². The number of carbonyl (C=O) groups is 3. The van der Waals surface area contributed by atoms with E-state index in [1.54, 1.807) is 0 Å². The number of pyridine rings is 1. The van der Waals surface area contributed by atoms with Gasteiger partial charge >= 0.3 is 18.3 Å². The van der Waals surface area contributed by atoms with Gasteiger partial charge in [0.2, 0.25) is 0 Å². The average Bonchev–Trinajstić information content (AvgIpc) is 3.30. The van der Waals surface area contributed by atoms with Gasteiger partial charge in [0.25, 0.3) is 11.8 Å². The zero-order chi connectivity index (χ0) is 32.5. The maximum absolute atomic E-state index is 13.5. The van der Waals surface area contributed by atoms with E-state index >= 15 is 0 Å². The second kappa shape index (κ2) is 12.5. The van der Waals surface area contributed by atoms with Gasteiger partial charge in [-0.1, -0.05) is 23.2 Å². The van der Waals surface area contributed by atoms with E-state index in [4.69, 9.17) is 23.2 Å². The molecule has 0 radical (unpaired) electrons. The largest absolute Gasteiger partial charge is 0.474 e. The molecule has 0 saturated heterocycles. The molecule has 0 bridgehead atoms. The Morgan fingerprint density at radius 3 is 2.33 bits per heavy atom. The van der Waals surface area contributed by atoms with Crippen LogP contribution >= 0.6 is 23.2 Å². The van der Waals surface area contributed by atoms with Gasteiger partial charge in [0, 0.05) is 29.6 Å². The topological polar surface area (TPSA) is 135 Å². The molecule has 232 valence electrons. The SMILES string of the molecule is Cc1cc(Cl)cc(C(=O)NC(C)CS(C)(=O)=NC(=O)C(F)(F)F)c1NC(=O)c1cc(C(F)(F)F)nn1-c1ncccc1Cl. The molecule has 0 saturated carbocycles. The summed E-state index contributed by atoms with van der Waals surface area (Å²) >= 11 is 12.1. The van der Waals surface area contributed by atoms with E-state index in [0.29, 0.717) is 10.7 Å². The molecule has 2 atom stereocenters. The molecule has 0 spiro atoms. The molecule has 1 aromatic carbocycles. The Kier molecular flexibility index (Phi) is 9.82. The van der Waals surface area contributed by atoms with E-state index in [2.05, 4.69) is 25.1 Å². The number of halogens is 8. The van der Waals surface area contributed by atoms with Crippen LogP contribution in [-0.4, -0.2) is 60.9 Å². The second-order valence-corrected chi connectivity index (χ2v) is 12.4. The van der Waals surface area contributed by atoms with E-state index in [0.717, 1.165) is 12.3 Å². The summed E-state index contributed by atoms with van der Waals surface area (Å²) in [5, 5.41) is 8.05. The molecule has 2 aromatic heterocycles. The molecule has 0 aliphatic heterocycles. The van der Waals surface area contributed by atoms with Crippen molar-refractivity contribution in [3.63, 3.8) is 0 Å². The molecule has 19 heteroatoms. The summed E-state index contributed by atoms with van der Waals surface area (Å²) in [5.74, 6) is -5.61. The minimum Gasteiger partial charge on any atom is -0.349 e. The summed E-state index contributed by atoms with van der Waals surface area (Å²) in [6.07, 6.45) is -8.27. The Balaban J connectivity index is 1.96. The Bertz CT molecular complexity index is 1720. The van der Waals surface area contributed by atoms with Gasteiger partial charge in [-0.2, -0.15) is 35.8 Å². The van der Waals surface area contributed by atoms with Crippen LogP contribution in [-0.2, 0) is 20.7 Å². The summed E-state index contributed by atoms with van der Waals surface area (Å²) in [6, 6.07) is 4.51. The third-order valence-electron chi connectivity index (χ3n) is 5.41. The average molecular weight is 673 g/mol. The highest BCUT2D eigenvalue weighted by molar-refractivity contribution is 7.93. The molecular weight excluding hydrogens is 653 g/mol. The van der Waals surface area contributed by atoms with Crippen LogP contribution < -0.4 is 10.6 Å². The van der Waals surface area contributed by atoms with E-state index in [1.807, 2.05) is 0 Å². The van der Waals surface area contributed by atoms with Crippen molar-refractivity contribution < 1.29 is 44.9 Å². The molecule has 0 fully saturated rings. The summed E-state index contributed by atoms with van der Waals surface area (Å²) in [5.41, 5.74) is -2.38. The normalized spacial score (nSPS) is 14.0. The van der Waals surface area contributed by atoms with E-state index in [9.17, 15) is 44.9 Å². The fourth-order valence-corrected chi connectivity index (χ4v) is 5.73. The van der Waals surface area contributed by atoms with Crippen molar-refractivity contribution in [3.05, 3.63) is 69.1 Å². The van der Waals surface area contributed by atoms with Crippen LogP contribution in [0.5, 0.6) is 0 Å². The second-order valence-electron chi connectivity index (χ2n) is 9.13. The highest BCUT2D eigenvalue weighted by atomic mass is 35.5. The minimum absolute atomic E-state index is 0.0167. The molecule has 2 heterocycles. The van der Waals surface area contributed by atoms with Crippen molar-refractivity contribution in [2.75, 3.05) is 17.3 Å². The number of aromatic nitrogens is 3. The van der Waals surface area contributed by atoms with Crippen LogP contribution in [0.4, 0.5) is 32.0 Å². The third kappa shape index (κ3) is 8.45.